The first kappa shape index (κ1) is 16.1. The van der Waals surface area contributed by atoms with E-state index in [0.717, 1.165) is 25.2 Å². The summed E-state index contributed by atoms with van der Waals surface area (Å²) in [7, 11) is 0. The van der Waals surface area contributed by atoms with Crippen LogP contribution in [-0.4, -0.2) is 10.1 Å². The molecule has 1 aromatic carbocycles. The third-order valence-electron chi connectivity index (χ3n) is 3.02. The Morgan fingerprint density at radius 1 is 1.25 bits per heavy atom. The van der Waals surface area contributed by atoms with E-state index in [-0.39, 0.29) is 5.41 Å². The van der Waals surface area contributed by atoms with Gasteiger partial charge in [0.2, 0.25) is 0 Å². The molecule has 0 aliphatic rings. The van der Waals surface area contributed by atoms with E-state index < -0.39 is 6.10 Å². The third kappa shape index (κ3) is 3.91. The molecule has 20 heavy (non-hydrogen) atoms. The molecule has 108 valence electrons. The number of thiazole rings is 1. The van der Waals surface area contributed by atoms with Crippen LogP contribution >= 0.6 is 43.2 Å². The predicted octanol–water partition coefficient (Wildman–Crippen LogP) is 5.24. The number of aromatic nitrogens is 1. The molecule has 0 radical (unpaired) electrons. The monoisotopic (exact) mass is 417 g/mol. The second kappa shape index (κ2) is 6.26. The van der Waals surface area contributed by atoms with Gasteiger partial charge in [-0.05, 0) is 49.6 Å². The number of aliphatic hydroxyl groups is 1. The fourth-order valence-electron chi connectivity index (χ4n) is 1.75. The minimum Gasteiger partial charge on any atom is -0.388 e. The van der Waals surface area contributed by atoms with Gasteiger partial charge in [-0.25, -0.2) is 4.98 Å². The average molecular weight is 419 g/mol. The van der Waals surface area contributed by atoms with Crippen molar-refractivity contribution in [3.8, 4) is 0 Å². The Bertz CT molecular complexity index is 604. The molecular weight excluding hydrogens is 402 g/mol. The van der Waals surface area contributed by atoms with Gasteiger partial charge < -0.3 is 5.11 Å². The number of halogens is 2. The molecule has 2 rings (SSSR count). The van der Waals surface area contributed by atoms with Gasteiger partial charge in [0.1, 0.15) is 0 Å². The van der Waals surface area contributed by atoms with Crippen molar-refractivity contribution in [3.05, 3.63) is 48.8 Å². The fraction of sp³-hybridized carbons (Fsp3) is 0.400. The highest BCUT2D eigenvalue weighted by molar-refractivity contribution is 9.13. The second-order valence-corrected chi connectivity index (χ2v) is 8.42. The van der Waals surface area contributed by atoms with Gasteiger partial charge in [-0.1, -0.05) is 26.8 Å². The fourth-order valence-corrected chi connectivity index (χ4v) is 3.45. The highest BCUT2D eigenvalue weighted by atomic mass is 79.9. The van der Waals surface area contributed by atoms with E-state index in [1.807, 2.05) is 18.2 Å². The zero-order valence-corrected chi connectivity index (χ0v) is 15.6. The summed E-state index contributed by atoms with van der Waals surface area (Å²) in [4.78, 5) is 4.62. The SMILES string of the molecule is CC(C)(C)c1csc(CC(O)c2ccc(Br)c(Br)c2)n1. The van der Waals surface area contributed by atoms with Crippen molar-refractivity contribution < 1.29 is 5.11 Å². The van der Waals surface area contributed by atoms with Gasteiger partial charge in [0.05, 0.1) is 16.8 Å². The van der Waals surface area contributed by atoms with Crippen molar-refractivity contribution in [2.45, 2.75) is 38.7 Å². The molecule has 0 spiro atoms. The van der Waals surface area contributed by atoms with Crippen LogP contribution in [0.3, 0.4) is 0 Å². The molecule has 0 aliphatic heterocycles. The quantitative estimate of drug-likeness (QED) is 0.738. The van der Waals surface area contributed by atoms with Crippen LogP contribution in [0.4, 0.5) is 0 Å². The summed E-state index contributed by atoms with van der Waals surface area (Å²) in [6.07, 6.45) is 0.0211. The number of nitrogens with zero attached hydrogens (tertiary/aromatic N) is 1. The smallest absolute Gasteiger partial charge is 0.0957 e. The van der Waals surface area contributed by atoms with Crippen molar-refractivity contribution in [2.24, 2.45) is 0 Å². The summed E-state index contributed by atoms with van der Waals surface area (Å²) in [6.45, 7) is 6.44. The van der Waals surface area contributed by atoms with Gasteiger partial charge in [-0.2, -0.15) is 0 Å². The lowest BCUT2D eigenvalue weighted by molar-refractivity contribution is 0.178. The van der Waals surface area contributed by atoms with E-state index in [1.165, 1.54) is 0 Å². The molecule has 1 heterocycles. The molecule has 1 atom stereocenters. The zero-order chi connectivity index (χ0) is 14.9. The Balaban J connectivity index is 2.13. The molecule has 1 N–H and O–H groups in total. The molecule has 1 unspecified atom stereocenters. The first-order valence-electron chi connectivity index (χ1n) is 6.35. The molecular formula is C15H17Br2NOS. The lowest BCUT2D eigenvalue weighted by Gasteiger charge is -2.14. The maximum atomic E-state index is 10.3. The third-order valence-corrected chi connectivity index (χ3v) is 5.77. The summed E-state index contributed by atoms with van der Waals surface area (Å²) in [5.74, 6) is 0. The maximum absolute atomic E-state index is 10.3. The van der Waals surface area contributed by atoms with Gasteiger partial charge in [-0.3, -0.25) is 0 Å². The molecule has 0 bridgehead atoms. The lowest BCUT2D eigenvalue weighted by atomic mass is 9.93. The predicted molar refractivity (Wildman–Crippen MR) is 91.3 cm³/mol. The van der Waals surface area contributed by atoms with Gasteiger partial charge in [0.15, 0.2) is 0 Å². The highest BCUT2D eigenvalue weighted by Crippen LogP contribution is 2.30. The second-order valence-electron chi connectivity index (χ2n) is 5.77. The maximum Gasteiger partial charge on any atom is 0.0957 e. The van der Waals surface area contributed by atoms with Crippen molar-refractivity contribution in [2.75, 3.05) is 0 Å². The average Bonchev–Trinajstić information content (AvgIpc) is 2.81. The molecule has 0 fully saturated rings. The lowest BCUT2D eigenvalue weighted by Crippen LogP contribution is -2.12. The van der Waals surface area contributed by atoms with Gasteiger partial charge in [-0.15, -0.1) is 11.3 Å². The van der Waals surface area contributed by atoms with Crippen molar-refractivity contribution in [1.82, 2.24) is 4.98 Å². The first-order valence-corrected chi connectivity index (χ1v) is 8.82. The summed E-state index contributed by atoms with van der Waals surface area (Å²) >= 11 is 8.51. The van der Waals surface area contributed by atoms with Crippen LogP contribution in [0.25, 0.3) is 0 Å². The number of rotatable bonds is 3. The van der Waals surface area contributed by atoms with Crippen LogP contribution < -0.4 is 0 Å². The number of aliphatic hydroxyl groups excluding tert-OH is 1. The molecule has 1 aromatic heterocycles. The zero-order valence-electron chi connectivity index (χ0n) is 11.7. The van der Waals surface area contributed by atoms with Gasteiger partial charge >= 0.3 is 0 Å². The number of hydrogen-bond acceptors (Lipinski definition) is 3. The molecule has 0 aliphatic carbocycles. The minimum atomic E-state index is -0.529. The molecule has 0 saturated heterocycles. The topological polar surface area (TPSA) is 33.1 Å². The standard InChI is InChI=1S/C15H17Br2NOS/c1-15(2,3)13-8-20-14(18-13)7-12(19)9-4-5-10(16)11(17)6-9/h4-6,8,12,19H,7H2,1-3H3. The van der Waals surface area contributed by atoms with E-state index >= 15 is 0 Å². The van der Waals surface area contributed by atoms with Crippen LogP contribution in [0.2, 0.25) is 0 Å². The van der Waals surface area contributed by atoms with Crippen LogP contribution in [0.15, 0.2) is 32.5 Å². The van der Waals surface area contributed by atoms with Crippen LogP contribution in [0, 0.1) is 0 Å². The van der Waals surface area contributed by atoms with E-state index in [9.17, 15) is 5.11 Å². The molecule has 2 nitrogen and oxygen atoms in total. The van der Waals surface area contributed by atoms with Gasteiger partial charge in [0.25, 0.3) is 0 Å². The number of benzene rings is 1. The first-order chi connectivity index (χ1) is 9.27. The normalized spacial score (nSPS) is 13.5. The van der Waals surface area contributed by atoms with E-state index in [0.29, 0.717) is 6.42 Å². The van der Waals surface area contributed by atoms with E-state index in [2.05, 4.69) is 63.0 Å². The largest absolute Gasteiger partial charge is 0.388 e. The molecule has 0 saturated carbocycles. The Morgan fingerprint density at radius 2 is 1.95 bits per heavy atom. The van der Waals surface area contributed by atoms with Crippen molar-refractivity contribution >= 4 is 43.2 Å². The Morgan fingerprint density at radius 3 is 2.50 bits per heavy atom. The molecule has 5 heteroatoms. The van der Waals surface area contributed by atoms with Crippen LogP contribution in [0.5, 0.6) is 0 Å². The van der Waals surface area contributed by atoms with Crippen LogP contribution in [-0.2, 0) is 11.8 Å². The summed E-state index contributed by atoms with van der Waals surface area (Å²) in [6, 6.07) is 5.80. The molecule has 2 aromatic rings. The van der Waals surface area contributed by atoms with E-state index in [1.54, 1.807) is 11.3 Å². The Hall–Kier alpha value is -0.230. The van der Waals surface area contributed by atoms with Crippen LogP contribution in [0.1, 0.15) is 43.1 Å². The van der Waals surface area contributed by atoms with Crippen molar-refractivity contribution in [3.63, 3.8) is 0 Å². The van der Waals surface area contributed by atoms with Crippen molar-refractivity contribution in [1.29, 1.82) is 0 Å². The van der Waals surface area contributed by atoms with Gasteiger partial charge in [0, 0.05) is 26.2 Å². The summed E-state index contributed by atoms with van der Waals surface area (Å²) in [5, 5.41) is 13.4. The Labute approximate surface area is 140 Å². The number of hydrogen-bond donors (Lipinski definition) is 1. The molecule has 0 amide bonds. The highest BCUT2D eigenvalue weighted by Gasteiger charge is 2.19. The Kier molecular flexibility index (Phi) is 5.05. The minimum absolute atomic E-state index is 0.0559. The summed E-state index contributed by atoms with van der Waals surface area (Å²) < 4.78 is 1.93. The van der Waals surface area contributed by atoms with E-state index in [4.69, 9.17) is 0 Å². The summed E-state index contributed by atoms with van der Waals surface area (Å²) in [5.41, 5.74) is 2.04.